The molecule has 0 N–H and O–H groups in total. The molecule has 1 fully saturated rings. The van der Waals surface area contributed by atoms with E-state index in [0.29, 0.717) is 0 Å². The van der Waals surface area contributed by atoms with E-state index in [9.17, 15) is 0 Å². The third-order valence-electron chi connectivity index (χ3n) is 1.22. The lowest BCUT2D eigenvalue weighted by Gasteiger charge is -1.86. The number of nitrogens with zero attached hydrogens (tertiary/aromatic N) is 1. The van der Waals surface area contributed by atoms with Crippen LogP contribution in [0.15, 0.2) is 0 Å². The molecule has 1 heterocycles. The first kappa shape index (κ1) is 10.1. The van der Waals surface area contributed by atoms with Crippen LogP contribution >= 0.6 is 0 Å². The molecule has 0 aromatic heterocycles. The Kier molecular flexibility index (Phi) is 7.28. The van der Waals surface area contributed by atoms with E-state index in [2.05, 4.69) is 20.7 Å². The summed E-state index contributed by atoms with van der Waals surface area (Å²) >= 11 is 0. The summed E-state index contributed by atoms with van der Waals surface area (Å²) in [6, 6.07) is 0. The second-order valence-corrected chi connectivity index (χ2v) is 3.52. The normalized spacial score (nSPS) is 15.9. The monoisotopic (exact) mass is 163 g/mol. The molecule has 0 aromatic rings. The lowest BCUT2D eigenvalue weighted by Crippen LogP contribution is -1.93. The molecule has 3 nitrogen and oxygen atoms in total. The van der Waals surface area contributed by atoms with E-state index in [1.165, 1.54) is 19.6 Å². The van der Waals surface area contributed by atoms with Crippen LogP contribution in [0.1, 0.15) is 6.92 Å². The maximum absolute atomic E-state index is 4.61. The third-order valence-corrected chi connectivity index (χ3v) is 1.69. The molecule has 1 aliphatic rings. The number of likely N-dealkylation sites (N-methyl/N-ethyl adjacent to an activating group) is 1. The van der Waals surface area contributed by atoms with Crippen molar-refractivity contribution in [2.45, 2.75) is 6.92 Å². The van der Waals surface area contributed by atoms with Crippen LogP contribution < -0.4 is 0 Å². The highest BCUT2D eigenvalue weighted by atomic mass is 28.3. The predicted molar refractivity (Wildman–Crippen MR) is 44.7 cm³/mol. The molecule has 0 spiro atoms. The second kappa shape index (κ2) is 7.21. The zero-order valence-corrected chi connectivity index (χ0v) is 8.51. The lowest BCUT2D eigenvalue weighted by molar-refractivity contribution is 0.309. The van der Waals surface area contributed by atoms with Crippen molar-refractivity contribution in [3.63, 3.8) is 0 Å². The summed E-state index contributed by atoms with van der Waals surface area (Å²) in [6.45, 7) is 6.12. The summed E-state index contributed by atoms with van der Waals surface area (Å²) in [4.78, 5) is 2.38. The van der Waals surface area contributed by atoms with Crippen LogP contribution in [-0.4, -0.2) is 48.8 Å². The molecule has 1 rings (SSSR count). The molecule has 0 saturated carbocycles. The van der Waals surface area contributed by atoms with E-state index in [1.54, 1.807) is 14.2 Å². The van der Waals surface area contributed by atoms with Crippen molar-refractivity contribution >= 4 is 10.0 Å². The van der Waals surface area contributed by atoms with Crippen LogP contribution in [0.2, 0.25) is 0 Å². The van der Waals surface area contributed by atoms with Crippen molar-refractivity contribution in [2.75, 3.05) is 33.9 Å². The van der Waals surface area contributed by atoms with E-state index in [-0.39, 0.29) is 0 Å². The molecular formula is C6H17NO2Si. The summed E-state index contributed by atoms with van der Waals surface area (Å²) in [6.07, 6.45) is 0. The summed E-state index contributed by atoms with van der Waals surface area (Å²) in [5, 5.41) is 0. The standard InChI is InChI=1S/C4H9N.C2H8O2Si/c1-2-5-3-4-5;1-3-5-4-2/h2-4H2,1H3;5H2,1-2H3. The molecule has 62 valence electrons. The van der Waals surface area contributed by atoms with Gasteiger partial charge in [-0.05, 0) is 6.54 Å². The highest BCUT2D eigenvalue weighted by Crippen LogP contribution is 1.98. The summed E-state index contributed by atoms with van der Waals surface area (Å²) in [5.41, 5.74) is 0. The van der Waals surface area contributed by atoms with Gasteiger partial charge in [0, 0.05) is 27.3 Å². The Morgan fingerprint density at radius 1 is 1.30 bits per heavy atom. The van der Waals surface area contributed by atoms with Gasteiger partial charge in [-0.1, -0.05) is 6.92 Å². The molecule has 1 saturated heterocycles. The van der Waals surface area contributed by atoms with E-state index in [4.69, 9.17) is 0 Å². The molecular weight excluding hydrogens is 146 g/mol. The molecule has 0 radical (unpaired) electrons. The fourth-order valence-corrected chi connectivity index (χ4v) is 0.740. The second-order valence-electron chi connectivity index (χ2n) is 2.13. The Morgan fingerprint density at radius 2 is 1.80 bits per heavy atom. The van der Waals surface area contributed by atoms with Crippen molar-refractivity contribution in [3.8, 4) is 0 Å². The zero-order valence-electron chi connectivity index (χ0n) is 7.09. The van der Waals surface area contributed by atoms with Gasteiger partial charge in [-0.15, -0.1) is 0 Å². The maximum atomic E-state index is 4.61. The van der Waals surface area contributed by atoms with Gasteiger partial charge in [0.15, 0.2) is 0 Å². The van der Waals surface area contributed by atoms with E-state index in [1.807, 2.05) is 0 Å². The molecule has 0 atom stereocenters. The first-order chi connectivity index (χ1) is 4.85. The Labute approximate surface area is 65.4 Å². The summed E-state index contributed by atoms with van der Waals surface area (Å²) in [5.74, 6) is 0. The Morgan fingerprint density at radius 3 is 1.80 bits per heavy atom. The van der Waals surface area contributed by atoms with Gasteiger partial charge < -0.3 is 13.8 Å². The molecule has 1 aliphatic heterocycles. The molecule has 0 bridgehead atoms. The van der Waals surface area contributed by atoms with Crippen LogP contribution in [0, 0.1) is 0 Å². The fraction of sp³-hybridized carbons (Fsp3) is 1.00. The van der Waals surface area contributed by atoms with Crippen molar-refractivity contribution in [3.05, 3.63) is 0 Å². The van der Waals surface area contributed by atoms with Gasteiger partial charge in [0.2, 0.25) is 0 Å². The Balaban J connectivity index is 0.000000162. The van der Waals surface area contributed by atoms with E-state index >= 15 is 0 Å². The zero-order chi connectivity index (χ0) is 7.82. The first-order valence-electron chi connectivity index (χ1n) is 3.55. The van der Waals surface area contributed by atoms with Crippen LogP contribution in [0.5, 0.6) is 0 Å². The van der Waals surface area contributed by atoms with Gasteiger partial charge in [-0.3, -0.25) is 0 Å². The molecule has 10 heavy (non-hydrogen) atoms. The minimum absolute atomic E-state index is 0.568. The van der Waals surface area contributed by atoms with Crippen molar-refractivity contribution in [1.82, 2.24) is 4.90 Å². The largest absolute Gasteiger partial charge is 0.402 e. The van der Waals surface area contributed by atoms with Crippen molar-refractivity contribution < 1.29 is 8.85 Å². The molecule has 0 aromatic carbocycles. The van der Waals surface area contributed by atoms with Gasteiger partial charge in [0.05, 0.1) is 0 Å². The minimum Gasteiger partial charge on any atom is -0.402 e. The average molecular weight is 163 g/mol. The molecule has 0 amide bonds. The third kappa shape index (κ3) is 8.10. The molecule has 0 unspecified atom stereocenters. The quantitative estimate of drug-likeness (QED) is 0.417. The Bertz CT molecular complexity index is 66.8. The molecule has 0 aliphatic carbocycles. The minimum atomic E-state index is -0.568. The van der Waals surface area contributed by atoms with Crippen LogP contribution in [0.4, 0.5) is 0 Å². The fourth-order valence-electron chi connectivity index (χ4n) is 0.505. The van der Waals surface area contributed by atoms with Crippen molar-refractivity contribution in [2.24, 2.45) is 0 Å². The average Bonchev–Trinajstić information content (AvgIpc) is 2.72. The molecule has 4 heteroatoms. The van der Waals surface area contributed by atoms with Crippen molar-refractivity contribution in [1.29, 1.82) is 0 Å². The van der Waals surface area contributed by atoms with Gasteiger partial charge in [-0.25, -0.2) is 0 Å². The van der Waals surface area contributed by atoms with Gasteiger partial charge in [0.1, 0.15) is 0 Å². The predicted octanol–water partition coefficient (Wildman–Crippen LogP) is -0.400. The Hall–Kier alpha value is 0.0969. The van der Waals surface area contributed by atoms with Gasteiger partial charge in [0.25, 0.3) is 0 Å². The van der Waals surface area contributed by atoms with Crippen LogP contribution in [0.3, 0.4) is 0 Å². The maximum Gasteiger partial charge on any atom is 0.303 e. The first-order valence-corrected chi connectivity index (χ1v) is 4.70. The van der Waals surface area contributed by atoms with Gasteiger partial charge >= 0.3 is 10.0 Å². The number of hydrogen-bond acceptors (Lipinski definition) is 3. The smallest absolute Gasteiger partial charge is 0.303 e. The number of rotatable bonds is 3. The summed E-state index contributed by atoms with van der Waals surface area (Å²) < 4.78 is 9.22. The highest BCUT2D eigenvalue weighted by molar-refractivity contribution is 6.17. The highest BCUT2D eigenvalue weighted by Gasteiger charge is 2.12. The lowest BCUT2D eigenvalue weighted by atomic mass is 10.8. The van der Waals surface area contributed by atoms with Gasteiger partial charge in [-0.2, -0.15) is 0 Å². The van der Waals surface area contributed by atoms with E-state index < -0.39 is 10.0 Å². The topological polar surface area (TPSA) is 21.5 Å². The van der Waals surface area contributed by atoms with Crippen LogP contribution in [0.25, 0.3) is 0 Å². The van der Waals surface area contributed by atoms with E-state index in [0.717, 1.165) is 0 Å². The number of hydrogen-bond donors (Lipinski definition) is 0. The van der Waals surface area contributed by atoms with Crippen LogP contribution in [-0.2, 0) is 8.85 Å². The SMILES string of the molecule is CCN1CC1.CO[SiH2]OC. The summed E-state index contributed by atoms with van der Waals surface area (Å²) in [7, 11) is 2.73.